The zero-order valence-corrected chi connectivity index (χ0v) is 14.5. The Morgan fingerprint density at radius 2 is 1.65 bits per heavy atom. The smallest absolute Gasteiger partial charge is 0.319 e. The second-order valence-corrected chi connectivity index (χ2v) is 6.16. The van der Waals surface area contributed by atoms with Crippen molar-refractivity contribution in [3.05, 3.63) is 66.8 Å². The Kier molecular flexibility index (Phi) is 7.16. The number of anilines is 2. The number of carbonyl (C=O) groups is 2. The minimum Gasteiger partial charge on any atom is -0.334 e. The highest BCUT2D eigenvalue weighted by molar-refractivity contribution is 8.00. The molecule has 3 amide bonds. The number of hydrogen-bond donors (Lipinski definition) is 3. The summed E-state index contributed by atoms with van der Waals surface area (Å²) in [5, 5.41) is 7.89. The van der Waals surface area contributed by atoms with E-state index in [1.54, 1.807) is 30.3 Å². The number of thioether (sulfide) groups is 1. The average Bonchev–Trinajstić information content (AvgIpc) is 2.62. The van der Waals surface area contributed by atoms with Gasteiger partial charge in [-0.3, -0.25) is 4.79 Å². The summed E-state index contributed by atoms with van der Waals surface area (Å²) in [7, 11) is 0. The molecule has 0 aliphatic carbocycles. The Bertz CT molecular complexity index is 798. The van der Waals surface area contributed by atoms with Crippen molar-refractivity contribution in [1.29, 1.82) is 0 Å². The molecule has 0 atom stereocenters. The van der Waals surface area contributed by atoms with Gasteiger partial charge >= 0.3 is 6.03 Å². The van der Waals surface area contributed by atoms with Gasteiger partial charge in [0.1, 0.15) is 0 Å². The monoisotopic (exact) mass is 377 g/mol. The molecular formula is C18H17F2N3O2S. The molecule has 0 heterocycles. The molecular weight excluding hydrogens is 360 g/mol. The van der Waals surface area contributed by atoms with E-state index in [2.05, 4.69) is 22.5 Å². The Balaban J connectivity index is 1.82. The zero-order chi connectivity index (χ0) is 18.9. The summed E-state index contributed by atoms with van der Waals surface area (Å²) in [5.41, 5.74) is 1.12. The molecule has 0 fully saturated rings. The first-order chi connectivity index (χ1) is 12.5. The van der Waals surface area contributed by atoms with Crippen LogP contribution in [0.2, 0.25) is 0 Å². The molecule has 3 N–H and O–H groups in total. The van der Waals surface area contributed by atoms with Crippen LogP contribution in [-0.2, 0) is 4.79 Å². The number of urea groups is 1. The van der Waals surface area contributed by atoms with Crippen molar-refractivity contribution >= 4 is 35.1 Å². The van der Waals surface area contributed by atoms with Crippen LogP contribution in [0.1, 0.15) is 0 Å². The van der Waals surface area contributed by atoms with E-state index >= 15 is 0 Å². The minimum absolute atomic E-state index is 0.0506. The first-order valence-corrected chi connectivity index (χ1v) is 8.60. The van der Waals surface area contributed by atoms with E-state index < -0.39 is 11.6 Å². The lowest BCUT2D eigenvalue weighted by atomic mass is 10.3. The number of benzene rings is 2. The highest BCUT2D eigenvalue weighted by atomic mass is 32.2. The summed E-state index contributed by atoms with van der Waals surface area (Å²) in [6, 6.07) is 9.69. The van der Waals surface area contributed by atoms with Crippen LogP contribution in [0.25, 0.3) is 0 Å². The minimum atomic E-state index is -0.948. The van der Waals surface area contributed by atoms with Crippen molar-refractivity contribution in [3.63, 3.8) is 0 Å². The van der Waals surface area contributed by atoms with E-state index in [9.17, 15) is 18.4 Å². The van der Waals surface area contributed by atoms with Crippen LogP contribution in [0.3, 0.4) is 0 Å². The fraction of sp³-hybridized carbons (Fsp3) is 0.111. The van der Waals surface area contributed by atoms with Gasteiger partial charge in [-0.25, -0.2) is 13.6 Å². The van der Waals surface area contributed by atoms with Gasteiger partial charge in [-0.2, -0.15) is 0 Å². The molecule has 0 saturated heterocycles. The van der Waals surface area contributed by atoms with Crippen LogP contribution < -0.4 is 16.0 Å². The van der Waals surface area contributed by atoms with Crippen molar-refractivity contribution in [2.75, 3.05) is 22.9 Å². The number of nitrogens with one attached hydrogen (secondary N) is 3. The van der Waals surface area contributed by atoms with Crippen LogP contribution in [0.4, 0.5) is 25.0 Å². The quantitative estimate of drug-likeness (QED) is 0.504. The van der Waals surface area contributed by atoms with Crippen molar-refractivity contribution in [1.82, 2.24) is 5.32 Å². The van der Waals surface area contributed by atoms with E-state index in [0.717, 1.165) is 23.9 Å². The van der Waals surface area contributed by atoms with Gasteiger partial charge in [0.15, 0.2) is 11.6 Å². The Hall–Kier alpha value is -2.87. The number of carbonyl (C=O) groups excluding carboxylic acids is 2. The van der Waals surface area contributed by atoms with Crippen molar-refractivity contribution in [3.8, 4) is 0 Å². The summed E-state index contributed by atoms with van der Waals surface area (Å²) < 4.78 is 26.0. The largest absolute Gasteiger partial charge is 0.334 e. The van der Waals surface area contributed by atoms with E-state index in [1.807, 2.05) is 0 Å². The van der Waals surface area contributed by atoms with Gasteiger partial charge in [0.2, 0.25) is 5.91 Å². The highest BCUT2D eigenvalue weighted by Crippen LogP contribution is 2.21. The predicted octanol–water partition coefficient (Wildman–Crippen LogP) is 4.00. The van der Waals surface area contributed by atoms with Gasteiger partial charge in [-0.1, -0.05) is 6.08 Å². The van der Waals surface area contributed by atoms with Crippen molar-refractivity contribution < 1.29 is 18.4 Å². The molecule has 5 nitrogen and oxygen atoms in total. The van der Waals surface area contributed by atoms with Gasteiger partial charge in [-0.15, -0.1) is 18.3 Å². The lowest BCUT2D eigenvalue weighted by Crippen LogP contribution is -2.28. The third kappa shape index (κ3) is 6.21. The van der Waals surface area contributed by atoms with Gasteiger partial charge in [0.25, 0.3) is 0 Å². The topological polar surface area (TPSA) is 70.2 Å². The fourth-order valence-electron chi connectivity index (χ4n) is 1.89. The molecule has 136 valence electrons. The van der Waals surface area contributed by atoms with Crippen molar-refractivity contribution in [2.24, 2.45) is 0 Å². The maximum atomic E-state index is 13.1. The summed E-state index contributed by atoms with van der Waals surface area (Å²) in [4.78, 5) is 23.9. The maximum Gasteiger partial charge on any atom is 0.319 e. The molecule has 0 saturated carbocycles. The molecule has 0 aliphatic heterocycles. The average molecular weight is 377 g/mol. The number of rotatable bonds is 7. The first-order valence-electron chi connectivity index (χ1n) is 7.61. The molecule has 0 spiro atoms. The first kappa shape index (κ1) is 19.5. The molecule has 8 heteroatoms. The summed E-state index contributed by atoms with van der Waals surface area (Å²) >= 11 is 1.10. The molecule has 26 heavy (non-hydrogen) atoms. The molecule has 0 aliphatic rings. The van der Waals surface area contributed by atoms with Crippen LogP contribution in [0.5, 0.6) is 0 Å². The van der Waals surface area contributed by atoms with Gasteiger partial charge < -0.3 is 16.0 Å². The molecule has 2 rings (SSSR count). The van der Waals surface area contributed by atoms with Crippen LogP contribution in [0.15, 0.2) is 60.0 Å². The zero-order valence-electron chi connectivity index (χ0n) is 13.7. The number of halogens is 2. The molecule has 2 aromatic carbocycles. The van der Waals surface area contributed by atoms with Gasteiger partial charge in [-0.05, 0) is 42.5 Å². The lowest BCUT2D eigenvalue weighted by Gasteiger charge is -2.08. The number of amides is 3. The lowest BCUT2D eigenvalue weighted by molar-refractivity contribution is -0.113. The van der Waals surface area contributed by atoms with E-state index in [1.165, 1.54) is 6.07 Å². The predicted molar refractivity (Wildman–Crippen MR) is 99.4 cm³/mol. The molecule has 0 unspecified atom stereocenters. The second kappa shape index (κ2) is 9.57. The molecule has 0 aromatic heterocycles. The summed E-state index contributed by atoms with van der Waals surface area (Å²) in [6.45, 7) is 3.86. The van der Waals surface area contributed by atoms with Crippen LogP contribution >= 0.6 is 11.8 Å². The standard InChI is InChI=1S/C18H17F2N3O2S/c1-2-9-21-18(25)23-13-5-3-12(4-6-13)22-17(24)11-26-14-7-8-15(19)16(20)10-14/h2-8,10H,1,9,11H2,(H,22,24)(H2,21,23,25). The van der Waals surface area contributed by atoms with E-state index in [0.29, 0.717) is 22.8 Å². The third-order valence-electron chi connectivity index (χ3n) is 3.09. The van der Waals surface area contributed by atoms with Gasteiger partial charge in [0, 0.05) is 22.8 Å². The van der Waals surface area contributed by atoms with E-state index in [4.69, 9.17) is 0 Å². The van der Waals surface area contributed by atoms with Crippen molar-refractivity contribution in [2.45, 2.75) is 4.90 Å². The maximum absolute atomic E-state index is 13.1. The van der Waals surface area contributed by atoms with Crippen LogP contribution in [-0.4, -0.2) is 24.2 Å². The number of hydrogen-bond acceptors (Lipinski definition) is 3. The normalized spacial score (nSPS) is 10.1. The van der Waals surface area contributed by atoms with E-state index in [-0.39, 0.29) is 17.7 Å². The fourth-order valence-corrected chi connectivity index (χ4v) is 2.61. The second-order valence-electron chi connectivity index (χ2n) is 5.11. The highest BCUT2D eigenvalue weighted by Gasteiger charge is 2.07. The van der Waals surface area contributed by atoms with Gasteiger partial charge in [0.05, 0.1) is 5.75 Å². The summed E-state index contributed by atoms with van der Waals surface area (Å²) in [5.74, 6) is -2.11. The molecule has 0 radical (unpaired) electrons. The third-order valence-corrected chi connectivity index (χ3v) is 4.09. The SMILES string of the molecule is C=CCNC(=O)Nc1ccc(NC(=O)CSc2ccc(F)c(F)c2)cc1. The Morgan fingerprint density at radius 1 is 1.00 bits per heavy atom. The molecule has 0 bridgehead atoms. The van der Waals surface area contributed by atoms with Crippen LogP contribution in [0, 0.1) is 11.6 Å². The molecule has 2 aromatic rings. The Morgan fingerprint density at radius 3 is 2.27 bits per heavy atom. The summed E-state index contributed by atoms with van der Waals surface area (Å²) in [6.07, 6.45) is 1.57. The Labute approximate surface area is 153 Å².